The van der Waals surface area contributed by atoms with Crippen molar-refractivity contribution in [1.29, 1.82) is 0 Å². The highest BCUT2D eigenvalue weighted by molar-refractivity contribution is 5.28. The molecular formula is C16H26N2. The summed E-state index contributed by atoms with van der Waals surface area (Å²) in [6.45, 7) is 9.15. The highest BCUT2D eigenvalue weighted by Crippen LogP contribution is 2.17. The van der Waals surface area contributed by atoms with Crippen molar-refractivity contribution < 1.29 is 0 Å². The lowest BCUT2D eigenvalue weighted by Crippen LogP contribution is -2.39. The molecule has 0 atom stereocenters. The van der Waals surface area contributed by atoms with Crippen LogP contribution in [0.4, 0.5) is 0 Å². The molecule has 1 N–H and O–H groups in total. The average Bonchev–Trinajstić information content (AvgIpc) is 2.43. The third-order valence-electron chi connectivity index (χ3n) is 4.06. The van der Waals surface area contributed by atoms with Crippen LogP contribution in [-0.2, 0) is 13.0 Å². The summed E-state index contributed by atoms with van der Waals surface area (Å²) in [5, 5.41) is 3.65. The smallest absolute Gasteiger partial charge is 0.0237 e. The second kappa shape index (κ2) is 6.91. The first kappa shape index (κ1) is 13.6. The fourth-order valence-corrected chi connectivity index (χ4v) is 2.75. The predicted octanol–water partition coefficient (Wildman–Crippen LogP) is 2.82. The first-order chi connectivity index (χ1) is 8.83. The van der Waals surface area contributed by atoms with Crippen molar-refractivity contribution >= 4 is 0 Å². The molecule has 0 radical (unpaired) electrons. The highest BCUT2D eigenvalue weighted by atomic mass is 15.1. The zero-order valence-corrected chi connectivity index (χ0v) is 11.8. The molecule has 1 aromatic carbocycles. The van der Waals surface area contributed by atoms with Crippen molar-refractivity contribution in [2.75, 3.05) is 19.6 Å². The van der Waals surface area contributed by atoms with Crippen LogP contribution in [0.5, 0.6) is 0 Å². The fourth-order valence-electron chi connectivity index (χ4n) is 2.75. The van der Waals surface area contributed by atoms with Crippen LogP contribution >= 0.6 is 0 Å². The van der Waals surface area contributed by atoms with Crippen LogP contribution in [0.3, 0.4) is 0 Å². The van der Waals surface area contributed by atoms with E-state index in [1.165, 1.54) is 37.9 Å². The van der Waals surface area contributed by atoms with Crippen molar-refractivity contribution in [3.8, 4) is 0 Å². The van der Waals surface area contributed by atoms with Gasteiger partial charge in [0.25, 0.3) is 0 Å². The van der Waals surface area contributed by atoms with Gasteiger partial charge in [0.05, 0.1) is 0 Å². The molecule has 0 spiro atoms. The molecule has 0 bridgehead atoms. The Morgan fingerprint density at radius 2 is 1.89 bits per heavy atom. The maximum absolute atomic E-state index is 3.65. The Balaban J connectivity index is 1.76. The Hall–Kier alpha value is -0.860. The molecule has 2 rings (SSSR count). The van der Waals surface area contributed by atoms with Gasteiger partial charge in [0, 0.05) is 32.2 Å². The third kappa shape index (κ3) is 3.56. The van der Waals surface area contributed by atoms with Crippen LogP contribution in [0.25, 0.3) is 0 Å². The van der Waals surface area contributed by atoms with Crippen molar-refractivity contribution in [1.82, 2.24) is 10.2 Å². The minimum absolute atomic E-state index is 0.696. The van der Waals surface area contributed by atoms with Crippen LogP contribution in [0.2, 0.25) is 0 Å². The Morgan fingerprint density at radius 3 is 2.61 bits per heavy atom. The lowest BCUT2D eigenvalue weighted by molar-refractivity contribution is 0.249. The van der Waals surface area contributed by atoms with Gasteiger partial charge in [-0.15, -0.1) is 0 Å². The molecule has 1 heterocycles. The molecule has 1 aliphatic rings. The molecule has 0 aromatic heterocycles. The molecule has 0 unspecified atom stereocenters. The standard InChI is InChI=1S/C16H26N2/c1-3-16(4-2)17-10-12-18-11-9-14-7-5-6-8-15(14)13-18/h5-8,16-17H,3-4,9-13H2,1-2H3. The number of hydrogen-bond donors (Lipinski definition) is 1. The molecule has 2 nitrogen and oxygen atoms in total. The molecule has 1 aliphatic heterocycles. The lowest BCUT2D eigenvalue weighted by atomic mass is 10.00. The summed E-state index contributed by atoms with van der Waals surface area (Å²) in [4.78, 5) is 2.57. The Kier molecular flexibility index (Phi) is 5.21. The number of benzene rings is 1. The van der Waals surface area contributed by atoms with Gasteiger partial charge >= 0.3 is 0 Å². The summed E-state index contributed by atoms with van der Waals surface area (Å²) < 4.78 is 0. The zero-order valence-electron chi connectivity index (χ0n) is 11.8. The summed E-state index contributed by atoms with van der Waals surface area (Å²) in [6, 6.07) is 9.56. The predicted molar refractivity (Wildman–Crippen MR) is 77.8 cm³/mol. The zero-order chi connectivity index (χ0) is 12.8. The molecule has 0 saturated carbocycles. The van der Waals surface area contributed by atoms with Crippen LogP contribution < -0.4 is 5.32 Å². The first-order valence-electron chi connectivity index (χ1n) is 7.36. The van der Waals surface area contributed by atoms with Crippen molar-refractivity contribution in [3.63, 3.8) is 0 Å². The molecule has 0 fully saturated rings. The Morgan fingerprint density at radius 1 is 1.17 bits per heavy atom. The van der Waals surface area contributed by atoms with Crippen molar-refractivity contribution in [2.24, 2.45) is 0 Å². The summed E-state index contributed by atoms with van der Waals surface area (Å²) >= 11 is 0. The molecule has 0 saturated heterocycles. The highest BCUT2D eigenvalue weighted by Gasteiger charge is 2.15. The van der Waals surface area contributed by atoms with E-state index in [1.54, 1.807) is 5.56 Å². The van der Waals surface area contributed by atoms with E-state index in [2.05, 4.69) is 48.3 Å². The van der Waals surface area contributed by atoms with Crippen molar-refractivity contribution in [2.45, 2.75) is 45.7 Å². The molecule has 18 heavy (non-hydrogen) atoms. The van der Waals surface area contributed by atoms with Gasteiger partial charge in [-0.25, -0.2) is 0 Å². The minimum atomic E-state index is 0.696. The maximum atomic E-state index is 3.65. The fraction of sp³-hybridized carbons (Fsp3) is 0.625. The van der Waals surface area contributed by atoms with E-state index >= 15 is 0 Å². The largest absolute Gasteiger partial charge is 0.313 e. The van der Waals surface area contributed by atoms with Gasteiger partial charge in [0.15, 0.2) is 0 Å². The Labute approximate surface area is 111 Å². The topological polar surface area (TPSA) is 15.3 Å². The normalized spacial score (nSPS) is 15.9. The van der Waals surface area contributed by atoms with E-state index in [1.807, 2.05) is 0 Å². The van der Waals surface area contributed by atoms with Gasteiger partial charge in [-0.3, -0.25) is 4.90 Å². The second-order valence-electron chi connectivity index (χ2n) is 5.26. The molecule has 0 aliphatic carbocycles. The van der Waals surface area contributed by atoms with E-state index in [0.29, 0.717) is 6.04 Å². The summed E-state index contributed by atoms with van der Waals surface area (Å²) in [5.41, 5.74) is 3.06. The van der Waals surface area contributed by atoms with Gasteiger partial charge in [0.1, 0.15) is 0 Å². The van der Waals surface area contributed by atoms with Crippen LogP contribution in [0, 0.1) is 0 Å². The number of rotatable bonds is 6. The minimum Gasteiger partial charge on any atom is -0.313 e. The van der Waals surface area contributed by atoms with E-state index in [-0.39, 0.29) is 0 Å². The van der Waals surface area contributed by atoms with E-state index < -0.39 is 0 Å². The lowest BCUT2D eigenvalue weighted by Gasteiger charge is -2.29. The van der Waals surface area contributed by atoms with Gasteiger partial charge in [0.2, 0.25) is 0 Å². The van der Waals surface area contributed by atoms with Gasteiger partial charge in [-0.1, -0.05) is 38.1 Å². The quantitative estimate of drug-likeness (QED) is 0.830. The molecule has 2 heteroatoms. The van der Waals surface area contributed by atoms with Crippen LogP contribution in [0.1, 0.15) is 37.8 Å². The van der Waals surface area contributed by atoms with Gasteiger partial charge in [-0.05, 0) is 30.4 Å². The summed E-state index contributed by atoms with van der Waals surface area (Å²) in [7, 11) is 0. The number of nitrogens with zero attached hydrogens (tertiary/aromatic N) is 1. The first-order valence-corrected chi connectivity index (χ1v) is 7.36. The average molecular weight is 246 g/mol. The molecule has 0 amide bonds. The monoisotopic (exact) mass is 246 g/mol. The van der Waals surface area contributed by atoms with Gasteiger partial charge < -0.3 is 5.32 Å². The third-order valence-corrected chi connectivity index (χ3v) is 4.06. The molecule has 100 valence electrons. The van der Waals surface area contributed by atoms with Crippen LogP contribution in [-0.4, -0.2) is 30.6 Å². The SMILES string of the molecule is CCC(CC)NCCN1CCc2ccccc2C1. The number of nitrogens with one attached hydrogen (secondary N) is 1. The summed E-state index contributed by atoms with van der Waals surface area (Å²) in [6.07, 6.45) is 3.68. The van der Waals surface area contributed by atoms with E-state index in [9.17, 15) is 0 Å². The Bertz CT molecular complexity index is 358. The van der Waals surface area contributed by atoms with Crippen LogP contribution in [0.15, 0.2) is 24.3 Å². The number of fused-ring (bicyclic) bond motifs is 1. The summed E-state index contributed by atoms with van der Waals surface area (Å²) in [5.74, 6) is 0. The van der Waals surface area contributed by atoms with E-state index in [4.69, 9.17) is 0 Å². The number of hydrogen-bond acceptors (Lipinski definition) is 2. The molecule has 1 aromatic rings. The second-order valence-corrected chi connectivity index (χ2v) is 5.26. The van der Waals surface area contributed by atoms with E-state index in [0.717, 1.165) is 13.1 Å². The van der Waals surface area contributed by atoms with Crippen molar-refractivity contribution in [3.05, 3.63) is 35.4 Å². The maximum Gasteiger partial charge on any atom is 0.0237 e. The van der Waals surface area contributed by atoms with Gasteiger partial charge in [-0.2, -0.15) is 0 Å². The molecular weight excluding hydrogens is 220 g/mol.